The van der Waals surface area contributed by atoms with Gasteiger partial charge in [0.15, 0.2) is 0 Å². The van der Waals surface area contributed by atoms with E-state index in [4.69, 9.17) is 9.15 Å². The zero-order valence-corrected chi connectivity index (χ0v) is 22.7. The molecule has 0 fully saturated rings. The first kappa shape index (κ1) is 26.4. The van der Waals surface area contributed by atoms with Crippen molar-refractivity contribution in [1.82, 2.24) is 5.32 Å². The highest BCUT2D eigenvalue weighted by molar-refractivity contribution is 7.99. The molecule has 1 heterocycles. The lowest BCUT2D eigenvalue weighted by Gasteiger charge is -2.21. The van der Waals surface area contributed by atoms with E-state index >= 15 is 0 Å². The van der Waals surface area contributed by atoms with Crippen LogP contribution in [0.25, 0.3) is 44.2 Å². The Morgan fingerprint density at radius 3 is 2.13 bits per heavy atom. The summed E-state index contributed by atoms with van der Waals surface area (Å²) in [6.45, 7) is 5.19. The number of carbonyl (C=O) groups excluding carboxylic acids is 1. The molecule has 0 radical (unpaired) electrons. The first-order valence-electron chi connectivity index (χ1n) is 12.6. The van der Waals surface area contributed by atoms with E-state index in [0.717, 1.165) is 49.1 Å². The lowest BCUT2D eigenvalue weighted by molar-refractivity contribution is -0.138. The largest absolute Gasteiger partial charge is 0.480 e. The number of hydrogen-bond donors (Lipinski definition) is 2. The highest BCUT2D eigenvalue weighted by Crippen LogP contribution is 2.36. The van der Waals surface area contributed by atoms with Gasteiger partial charge in [0.25, 0.3) is 0 Å². The van der Waals surface area contributed by atoms with Crippen LogP contribution in [0.3, 0.4) is 0 Å². The van der Waals surface area contributed by atoms with Crippen molar-refractivity contribution in [3.63, 3.8) is 0 Å². The second-order valence-electron chi connectivity index (χ2n) is 10.2. The zero-order chi connectivity index (χ0) is 27.6. The van der Waals surface area contributed by atoms with Gasteiger partial charge in [-0.1, -0.05) is 72.8 Å². The van der Waals surface area contributed by atoms with Crippen LogP contribution in [0.4, 0.5) is 4.79 Å². The summed E-state index contributed by atoms with van der Waals surface area (Å²) in [5.74, 6) is -0.931. The Kier molecular flexibility index (Phi) is 7.35. The van der Waals surface area contributed by atoms with Crippen molar-refractivity contribution in [2.45, 2.75) is 37.3 Å². The van der Waals surface area contributed by atoms with Crippen LogP contribution in [0.2, 0.25) is 0 Å². The maximum absolute atomic E-state index is 12.0. The Bertz CT molecular complexity index is 1630. The van der Waals surface area contributed by atoms with E-state index in [1.54, 1.807) is 20.8 Å². The third-order valence-corrected chi connectivity index (χ3v) is 7.30. The van der Waals surface area contributed by atoms with Crippen molar-refractivity contribution in [3.8, 4) is 22.3 Å². The minimum absolute atomic E-state index is 0.177. The molecule has 0 aliphatic carbocycles. The van der Waals surface area contributed by atoms with Crippen LogP contribution < -0.4 is 5.32 Å². The number of furan rings is 1. The average Bonchev–Trinajstić information content (AvgIpc) is 3.29. The molecule has 0 bridgehead atoms. The van der Waals surface area contributed by atoms with Crippen molar-refractivity contribution in [2.75, 3.05) is 5.75 Å². The molecule has 1 atom stereocenters. The number of ether oxygens (including phenoxy) is 1. The van der Waals surface area contributed by atoms with Gasteiger partial charge in [-0.05, 0) is 55.7 Å². The molecule has 0 saturated heterocycles. The fourth-order valence-corrected chi connectivity index (χ4v) is 5.28. The molecule has 1 aromatic heterocycles. The SMILES string of the molecule is CC(C)(C)OC(=O)N[C@@H](CSc1ccc(-c2ccc(-c3cccc4c3oc3ccccc34)cc2)cc1)C(=O)O. The Morgan fingerprint density at radius 1 is 0.846 bits per heavy atom. The van der Waals surface area contributed by atoms with E-state index < -0.39 is 23.7 Å². The van der Waals surface area contributed by atoms with Crippen molar-refractivity contribution >= 4 is 45.8 Å². The van der Waals surface area contributed by atoms with Crippen molar-refractivity contribution in [3.05, 3.63) is 91.0 Å². The van der Waals surface area contributed by atoms with Gasteiger partial charge in [0.05, 0.1) is 0 Å². The first-order chi connectivity index (χ1) is 18.7. The summed E-state index contributed by atoms with van der Waals surface area (Å²) in [5, 5.41) is 14.1. The van der Waals surface area contributed by atoms with Gasteiger partial charge in [0.2, 0.25) is 0 Å². The predicted molar refractivity (Wildman–Crippen MR) is 156 cm³/mol. The molecule has 0 unspecified atom stereocenters. The number of fused-ring (bicyclic) bond motifs is 3. The Morgan fingerprint density at radius 2 is 1.46 bits per heavy atom. The number of rotatable bonds is 7. The highest BCUT2D eigenvalue weighted by Gasteiger charge is 2.24. The second-order valence-corrected chi connectivity index (χ2v) is 11.3. The number of para-hydroxylation sites is 2. The molecule has 2 N–H and O–H groups in total. The first-order valence-corrected chi connectivity index (χ1v) is 13.6. The summed E-state index contributed by atoms with van der Waals surface area (Å²) in [4.78, 5) is 24.5. The summed E-state index contributed by atoms with van der Waals surface area (Å²) in [5.41, 5.74) is 5.31. The highest BCUT2D eigenvalue weighted by atomic mass is 32.2. The minimum atomic E-state index is -1.11. The summed E-state index contributed by atoms with van der Waals surface area (Å²) in [6.07, 6.45) is -0.745. The van der Waals surface area contributed by atoms with E-state index in [-0.39, 0.29) is 5.75 Å². The molecule has 6 nitrogen and oxygen atoms in total. The van der Waals surface area contributed by atoms with Gasteiger partial charge in [0, 0.05) is 27.0 Å². The number of hydrogen-bond acceptors (Lipinski definition) is 5. The number of thioether (sulfide) groups is 1. The van der Waals surface area contributed by atoms with Crippen molar-refractivity contribution in [1.29, 1.82) is 0 Å². The van der Waals surface area contributed by atoms with E-state index in [0.29, 0.717) is 0 Å². The standard InChI is InChI=1S/C32H29NO5S/c1-32(2,3)38-31(36)33-27(30(34)35)19-39-23-17-15-21(16-18-23)20-11-13-22(14-12-20)24-8-6-9-26-25-7-4-5-10-28(25)37-29(24)26/h4-18,27H,19H2,1-3H3,(H,33,36)(H,34,35)/t27-/m0/s1. The predicted octanol–water partition coefficient (Wildman–Crippen LogP) is 7.99. The monoisotopic (exact) mass is 539 g/mol. The third-order valence-electron chi connectivity index (χ3n) is 6.19. The third kappa shape index (κ3) is 6.10. The molecule has 0 saturated carbocycles. The maximum atomic E-state index is 12.0. The molecule has 5 rings (SSSR count). The van der Waals surface area contributed by atoms with E-state index in [1.807, 2.05) is 42.5 Å². The normalized spacial score (nSPS) is 12.4. The van der Waals surface area contributed by atoms with Crippen LogP contribution in [-0.2, 0) is 9.53 Å². The number of carboxylic acid groups (broad SMARTS) is 1. The quantitative estimate of drug-likeness (QED) is 0.204. The topological polar surface area (TPSA) is 88.8 Å². The van der Waals surface area contributed by atoms with E-state index in [9.17, 15) is 14.7 Å². The van der Waals surface area contributed by atoms with Crippen LogP contribution in [0.1, 0.15) is 20.8 Å². The molecule has 0 spiro atoms. The summed E-state index contributed by atoms with van der Waals surface area (Å²) >= 11 is 1.36. The second kappa shape index (κ2) is 10.9. The molecule has 0 aliphatic rings. The summed E-state index contributed by atoms with van der Waals surface area (Å²) < 4.78 is 11.4. The number of carbonyl (C=O) groups is 2. The van der Waals surface area contributed by atoms with E-state index in [1.165, 1.54) is 11.8 Å². The Labute approximate surface area is 231 Å². The van der Waals surface area contributed by atoms with Crippen LogP contribution in [0.5, 0.6) is 0 Å². The van der Waals surface area contributed by atoms with Gasteiger partial charge in [0.1, 0.15) is 22.8 Å². The lowest BCUT2D eigenvalue weighted by Crippen LogP contribution is -2.44. The van der Waals surface area contributed by atoms with Gasteiger partial charge in [-0.15, -0.1) is 11.8 Å². The minimum Gasteiger partial charge on any atom is -0.480 e. The lowest BCUT2D eigenvalue weighted by atomic mass is 9.99. The zero-order valence-electron chi connectivity index (χ0n) is 21.9. The summed E-state index contributed by atoms with van der Waals surface area (Å²) in [7, 11) is 0. The van der Waals surface area contributed by atoms with Gasteiger partial charge in [-0.25, -0.2) is 9.59 Å². The smallest absolute Gasteiger partial charge is 0.408 e. The summed E-state index contributed by atoms with van der Waals surface area (Å²) in [6, 6.07) is 29.5. The van der Waals surface area contributed by atoms with Crippen LogP contribution in [0.15, 0.2) is 100 Å². The van der Waals surface area contributed by atoms with Gasteiger partial charge in [-0.3, -0.25) is 0 Å². The molecule has 39 heavy (non-hydrogen) atoms. The number of nitrogens with one attached hydrogen (secondary N) is 1. The molecule has 1 amide bonds. The maximum Gasteiger partial charge on any atom is 0.408 e. The number of carboxylic acids is 1. The van der Waals surface area contributed by atoms with E-state index in [2.05, 4.69) is 53.8 Å². The number of aliphatic carboxylic acids is 1. The molecular formula is C32H29NO5S. The molecular weight excluding hydrogens is 510 g/mol. The molecule has 4 aromatic carbocycles. The fraction of sp³-hybridized carbons (Fsp3) is 0.188. The molecule has 5 aromatic rings. The van der Waals surface area contributed by atoms with Crippen LogP contribution in [0, 0.1) is 0 Å². The number of amides is 1. The fourth-order valence-electron chi connectivity index (χ4n) is 4.36. The molecule has 7 heteroatoms. The van der Waals surface area contributed by atoms with Crippen LogP contribution in [-0.4, -0.2) is 34.6 Å². The number of alkyl carbamates (subject to hydrolysis) is 1. The van der Waals surface area contributed by atoms with Crippen molar-refractivity contribution in [2.24, 2.45) is 0 Å². The Balaban J connectivity index is 1.27. The van der Waals surface area contributed by atoms with Crippen molar-refractivity contribution < 1.29 is 23.8 Å². The van der Waals surface area contributed by atoms with Gasteiger partial charge < -0.3 is 19.6 Å². The average molecular weight is 540 g/mol. The molecule has 198 valence electrons. The molecule has 0 aliphatic heterocycles. The van der Waals surface area contributed by atoms with Crippen LogP contribution >= 0.6 is 11.8 Å². The number of benzene rings is 4. The van der Waals surface area contributed by atoms with Gasteiger partial charge in [-0.2, -0.15) is 0 Å². The Hall–Kier alpha value is -4.23. The van der Waals surface area contributed by atoms with Gasteiger partial charge >= 0.3 is 12.1 Å².